The summed E-state index contributed by atoms with van der Waals surface area (Å²) in [5, 5.41) is 22.8. The number of anilines is 2. The number of nitriles is 1. The van der Waals surface area contributed by atoms with Gasteiger partial charge in [-0.2, -0.15) is 5.26 Å². The topological polar surface area (TPSA) is 86.8 Å². The third kappa shape index (κ3) is 5.18. The van der Waals surface area contributed by atoms with Crippen LogP contribution in [0.25, 0.3) is 11.4 Å². The van der Waals surface area contributed by atoms with Crippen molar-refractivity contribution < 1.29 is 4.79 Å². The van der Waals surface area contributed by atoms with Gasteiger partial charge in [-0.3, -0.25) is 9.36 Å². The van der Waals surface area contributed by atoms with Crippen LogP contribution in [-0.2, 0) is 24.2 Å². The number of aryl methyl sites for hydroxylation is 1. The molecule has 7 nitrogen and oxygen atoms in total. The molecule has 0 radical (unpaired) electrons. The molecule has 0 aliphatic heterocycles. The van der Waals surface area contributed by atoms with E-state index >= 15 is 0 Å². The van der Waals surface area contributed by atoms with Gasteiger partial charge in [-0.25, -0.2) is 0 Å². The van der Waals surface area contributed by atoms with Crippen LogP contribution in [0.15, 0.2) is 42.1 Å². The normalized spacial score (nSPS) is 13.0. The summed E-state index contributed by atoms with van der Waals surface area (Å²) < 4.78 is 1.97. The Morgan fingerprint density at radius 1 is 1.32 bits per heavy atom. The first-order chi connectivity index (χ1) is 16.5. The van der Waals surface area contributed by atoms with Crippen molar-refractivity contribution in [1.29, 1.82) is 5.26 Å². The minimum Gasteiger partial charge on any atom is -0.378 e. The summed E-state index contributed by atoms with van der Waals surface area (Å²) in [5.74, 6) is 0.767. The van der Waals surface area contributed by atoms with Crippen molar-refractivity contribution in [2.45, 2.75) is 43.8 Å². The van der Waals surface area contributed by atoms with Crippen molar-refractivity contribution in [3.8, 4) is 17.5 Å². The number of nitrogens with zero attached hydrogens (tertiary/aromatic N) is 5. The SMILES string of the molecule is C=CCn1c(SCC(=O)Nc2sc3c(c2C#N)CCCCC3)nnc1-c1cccc(N(C)C)c1. The highest BCUT2D eigenvalue weighted by Gasteiger charge is 2.22. The van der Waals surface area contributed by atoms with E-state index in [1.54, 1.807) is 17.4 Å². The number of thioether (sulfide) groups is 1. The number of hydrogen-bond donors (Lipinski definition) is 1. The molecule has 0 bridgehead atoms. The van der Waals surface area contributed by atoms with Crippen LogP contribution in [0.3, 0.4) is 0 Å². The van der Waals surface area contributed by atoms with Crippen molar-refractivity contribution in [3.63, 3.8) is 0 Å². The first-order valence-electron chi connectivity index (χ1n) is 11.3. The summed E-state index contributed by atoms with van der Waals surface area (Å²) in [6.45, 7) is 4.40. The Morgan fingerprint density at radius 2 is 2.15 bits per heavy atom. The number of amides is 1. The van der Waals surface area contributed by atoms with Gasteiger partial charge in [0.05, 0.1) is 11.3 Å². The monoisotopic (exact) mass is 492 g/mol. The van der Waals surface area contributed by atoms with E-state index in [-0.39, 0.29) is 11.7 Å². The predicted octanol–water partition coefficient (Wildman–Crippen LogP) is 5.13. The largest absolute Gasteiger partial charge is 0.378 e. The van der Waals surface area contributed by atoms with Crippen molar-refractivity contribution in [1.82, 2.24) is 14.8 Å². The highest BCUT2D eigenvalue weighted by molar-refractivity contribution is 7.99. The van der Waals surface area contributed by atoms with Gasteiger partial charge in [0.1, 0.15) is 11.1 Å². The molecule has 0 spiro atoms. The number of benzene rings is 1. The zero-order chi connectivity index (χ0) is 24.1. The molecule has 0 atom stereocenters. The maximum absolute atomic E-state index is 12.8. The third-order valence-electron chi connectivity index (χ3n) is 5.77. The Kier molecular flexibility index (Phi) is 7.70. The number of carbonyl (C=O) groups excluding carboxylic acids is 1. The van der Waals surface area contributed by atoms with Crippen LogP contribution in [0, 0.1) is 11.3 Å². The zero-order valence-corrected chi connectivity index (χ0v) is 21.1. The summed E-state index contributed by atoms with van der Waals surface area (Å²) >= 11 is 2.88. The molecule has 0 saturated heterocycles. The highest BCUT2D eigenvalue weighted by atomic mass is 32.2. The molecule has 176 valence electrons. The van der Waals surface area contributed by atoms with Crippen molar-refractivity contribution in [3.05, 3.63) is 52.9 Å². The number of hydrogen-bond acceptors (Lipinski definition) is 7. The maximum Gasteiger partial charge on any atom is 0.235 e. The molecule has 0 saturated carbocycles. The van der Waals surface area contributed by atoms with Gasteiger partial charge in [0.2, 0.25) is 5.91 Å². The number of thiophene rings is 1. The van der Waals surface area contributed by atoms with Crippen LogP contribution in [0.2, 0.25) is 0 Å². The van der Waals surface area contributed by atoms with E-state index in [9.17, 15) is 10.1 Å². The van der Waals surface area contributed by atoms with Gasteiger partial charge in [-0.1, -0.05) is 36.4 Å². The quantitative estimate of drug-likeness (QED) is 0.266. The number of nitrogens with one attached hydrogen (secondary N) is 1. The molecule has 2 aromatic heterocycles. The molecule has 4 rings (SSSR count). The minimum absolute atomic E-state index is 0.151. The molecule has 1 amide bonds. The van der Waals surface area contributed by atoms with Gasteiger partial charge >= 0.3 is 0 Å². The fourth-order valence-electron chi connectivity index (χ4n) is 4.07. The molecule has 2 heterocycles. The summed E-state index contributed by atoms with van der Waals surface area (Å²) in [5.41, 5.74) is 3.79. The first-order valence-corrected chi connectivity index (χ1v) is 13.1. The van der Waals surface area contributed by atoms with E-state index < -0.39 is 0 Å². The lowest BCUT2D eigenvalue weighted by molar-refractivity contribution is -0.113. The lowest BCUT2D eigenvalue weighted by atomic mass is 10.1. The molecule has 1 aromatic carbocycles. The lowest BCUT2D eigenvalue weighted by Crippen LogP contribution is -2.14. The average molecular weight is 493 g/mol. The lowest BCUT2D eigenvalue weighted by Gasteiger charge is -2.14. The molecular weight excluding hydrogens is 464 g/mol. The van der Waals surface area contributed by atoms with Gasteiger partial charge in [0.25, 0.3) is 0 Å². The molecule has 0 unspecified atom stereocenters. The summed E-state index contributed by atoms with van der Waals surface area (Å²) in [4.78, 5) is 16.1. The van der Waals surface area contributed by atoms with E-state index in [4.69, 9.17) is 0 Å². The second-order valence-electron chi connectivity index (χ2n) is 8.37. The minimum atomic E-state index is -0.151. The standard InChI is InChI=1S/C25H28N6OS2/c1-4-13-31-23(17-9-8-10-18(14-17)30(2)3)28-29-25(31)33-16-22(32)27-24-20(15-26)19-11-6-5-7-12-21(19)34-24/h4,8-10,14H,1,5-7,11-13,16H2,2-3H3,(H,27,32). The second-order valence-corrected chi connectivity index (χ2v) is 10.4. The smallest absolute Gasteiger partial charge is 0.235 e. The Morgan fingerprint density at radius 3 is 2.91 bits per heavy atom. The average Bonchev–Trinajstić information content (AvgIpc) is 3.29. The molecular formula is C25H28N6OS2. The Hall–Kier alpha value is -3.09. The van der Waals surface area contributed by atoms with Crippen molar-refractivity contribution >= 4 is 39.7 Å². The first kappa shape index (κ1) is 24.0. The number of fused-ring (bicyclic) bond motifs is 1. The van der Waals surface area contributed by atoms with E-state index in [2.05, 4.69) is 34.2 Å². The summed E-state index contributed by atoms with van der Waals surface area (Å²) in [7, 11) is 3.99. The Bertz CT molecular complexity index is 1240. The van der Waals surface area contributed by atoms with E-state index in [1.807, 2.05) is 41.8 Å². The summed E-state index contributed by atoms with van der Waals surface area (Å²) in [6, 6.07) is 10.4. The predicted molar refractivity (Wildman–Crippen MR) is 140 cm³/mol. The maximum atomic E-state index is 12.8. The summed E-state index contributed by atoms with van der Waals surface area (Å²) in [6.07, 6.45) is 7.13. The molecule has 1 N–H and O–H groups in total. The van der Waals surface area contributed by atoms with E-state index in [0.717, 1.165) is 48.3 Å². The van der Waals surface area contributed by atoms with Crippen molar-refractivity contribution in [2.75, 3.05) is 30.1 Å². The van der Waals surface area contributed by atoms with Gasteiger partial charge in [0, 0.05) is 36.8 Å². The van der Waals surface area contributed by atoms with E-state index in [1.165, 1.54) is 23.1 Å². The second kappa shape index (κ2) is 10.9. The Labute approximate surface area is 208 Å². The molecule has 0 fully saturated rings. The number of rotatable bonds is 8. The molecule has 1 aliphatic rings. The fourth-order valence-corrected chi connectivity index (χ4v) is 6.07. The van der Waals surface area contributed by atoms with Crippen LogP contribution >= 0.6 is 23.1 Å². The number of carbonyl (C=O) groups is 1. The van der Waals surface area contributed by atoms with Crippen LogP contribution in [0.4, 0.5) is 10.7 Å². The molecule has 1 aliphatic carbocycles. The van der Waals surface area contributed by atoms with Crippen LogP contribution in [0.1, 0.15) is 35.3 Å². The highest BCUT2D eigenvalue weighted by Crippen LogP contribution is 2.37. The third-order valence-corrected chi connectivity index (χ3v) is 7.94. The molecule has 9 heteroatoms. The van der Waals surface area contributed by atoms with Gasteiger partial charge in [-0.15, -0.1) is 28.1 Å². The Balaban J connectivity index is 1.49. The van der Waals surface area contributed by atoms with Gasteiger partial charge < -0.3 is 10.2 Å². The van der Waals surface area contributed by atoms with Crippen LogP contribution < -0.4 is 10.2 Å². The van der Waals surface area contributed by atoms with Gasteiger partial charge in [-0.05, 0) is 43.4 Å². The van der Waals surface area contributed by atoms with Crippen LogP contribution in [-0.4, -0.2) is 40.5 Å². The molecule has 3 aromatic rings. The number of aromatic nitrogens is 3. The van der Waals surface area contributed by atoms with Gasteiger partial charge in [0.15, 0.2) is 11.0 Å². The fraction of sp³-hybridized carbons (Fsp3) is 0.360. The van der Waals surface area contributed by atoms with Crippen molar-refractivity contribution in [2.24, 2.45) is 0 Å². The number of allylic oxidation sites excluding steroid dienone is 1. The van der Waals surface area contributed by atoms with Crippen LogP contribution in [0.5, 0.6) is 0 Å². The van der Waals surface area contributed by atoms with E-state index in [0.29, 0.717) is 22.3 Å². The zero-order valence-electron chi connectivity index (χ0n) is 19.5. The molecule has 34 heavy (non-hydrogen) atoms.